The van der Waals surface area contributed by atoms with Crippen molar-refractivity contribution in [1.29, 1.82) is 0 Å². The molecule has 80 valence electrons. The van der Waals surface area contributed by atoms with Crippen molar-refractivity contribution < 1.29 is 18.7 Å². The molecule has 0 aliphatic carbocycles. The first kappa shape index (κ1) is 13.1. The van der Waals surface area contributed by atoms with E-state index < -0.39 is 7.60 Å². The molecule has 0 aliphatic rings. The molecule has 0 aromatic carbocycles. The second-order valence-corrected chi connectivity index (χ2v) is 5.95. The van der Waals surface area contributed by atoms with E-state index in [1.165, 1.54) is 0 Å². The molecule has 0 aromatic rings. The molecule has 0 amide bonds. The molecule has 0 bridgehead atoms. The molecule has 0 saturated carbocycles. The highest BCUT2D eigenvalue weighted by Crippen LogP contribution is 2.46. The van der Waals surface area contributed by atoms with Gasteiger partial charge < -0.3 is 9.63 Å². The molecule has 0 radical (unpaired) electrons. The summed E-state index contributed by atoms with van der Waals surface area (Å²) in [5.74, 6) is 0. The van der Waals surface area contributed by atoms with Crippen LogP contribution >= 0.6 is 7.60 Å². The maximum absolute atomic E-state index is 11.4. The summed E-state index contributed by atoms with van der Waals surface area (Å²) in [5, 5.41) is 0. The Morgan fingerprint density at radius 3 is 2.31 bits per heavy atom. The zero-order chi connectivity index (χ0) is 10.5. The molecule has 4 nitrogen and oxygen atoms in total. The van der Waals surface area contributed by atoms with E-state index in [0.29, 0.717) is 6.61 Å². The van der Waals surface area contributed by atoms with Crippen LogP contribution in [0.5, 0.6) is 0 Å². The highest BCUT2D eigenvalue weighted by Gasteiger charge is 2.27. The average molecular weight is 210 g/mol. The topological polar surface area (TPSA) is 55.8 Å². The van der Waals surface area contributed by atoms with Gasteiger partial charge in [-0.1, -0.05) is 20.8 Å². The lowest BCUT2D eigenvalue weighted by Gasteiger charge is -2.21. The quantitative estimate of drug-likeness (QED) is 0.429. The van der Waals surface area contributed by atoms with Crippen molar-refractivity contribution in [3.63, 3.8) is 0 Å². The van der Waals surface area contributed by atoms with Crippen molar-refractivity contribution in [3.05, 3.63) is 0 Å². The predicted molar refractivity (Wildman–Crippen MR) is 51.7 cm³/mol. The second kappa shape index (κ2) is 5.11. The average Bonchev–Trinajstić information content (AvgIpc) is 1.81. The van der Waals surface area contributed by atoms with Gasteiger partial charge in [-0.15, -0.1) is 0 Å². The van der Waals surface area contributed by atoms with Crippen LogP contribution in [-0.4, -0.2) is 24.5 Å². The Hall–Kier alpha value is 0.110. The summed E-state index contributed by atoms with van der Waals surface area (Å²) in [4.78, 5) is 9.33. The minimum Gasteiger partial charge on any atom is -0.355 e. The minimum absolute atomic E-state index is 0.111. The Morgan fingerprint density at radius 1 is 1.38 bits per heavy atom. The summed E-state index contributed by atoms with van der Waals surface area (Å²) in [6.45, 7) is 7.84. The molecule has 0 rings (SSSR count). The highest BCUT2D eigenvalue weighted by atomic mass is 31.2. The molecule has 1 atom stereocenters. The van der Waals surface area contributed by atoms with Crippen molar-refractivity contribution in [2.75, 3.05) is 19.6 Å². The highest BCUT2D eigenvalue weighted by molar-refractivity contribution is 7.52. The Morgan fingerprint density at radius 2 is 1.92 bits per heavy atom. The molecule has 5 heteroatoms. The zero-order valence-corrected chi connectivity index (χ0v) is 9.63. The van der Waals surface area contributed by atoms with Crippen LogP contribution in [0, 0.1) is 5.41 Å². The molecule has 13 heavy (non-hydrogen) atoms. The molecule has 0 heterocycles. The van der Waals surface area contributed by atoms with Gasteiger partial charge in [0.15, 0.2) is 6.79 Å². The Kier molecular flexibility index (Phi) is 5.15. The molecule has 0 aromatic heterocycles. The fourth-order valence-corrected chi connectivity index (χ4v) is 2.38. The lowest BCUT2D eigenvalue weighted by Crippen LogP contribution is -2.13. The molecule has 0 aliphatic heterocycles. The van der Waals surface area contributed by atoms with Gasteiger partial charge in [0.1, 0.15) is 0 Å². The summed E-state index contributed by atoms with van der Waals surface area (Å²) in [6.07, 6.45) is 0.146. The van der Waals surface area contributed by atoms with E-state index in [4.69, 9.17) is 9.26 Å². The monoisotopic (exact) mass is 210 g/mol. The van der Waals surface area contributed by atoms with E-state index in [1.807, 2.05) is 20.8 Å². The van der Waals surface area contributed by atoms with Crippen molar-refractivity contribution >= 4 is 7.60 Å². The number of hydrogen-bond donors (Lipinski definition) is 1. The number of rotatable bonds is 5. The van der Waals surface area contributed by atoms with Crippen LogP contribution in [0.15, 0.2) is 0 Å². The van der Waals surface area contributed by atoms with Crippen molar-refractivity contribution in [3.8, 4) is 0 Å². The minimum atomic E-state index is -3.47. The van der Waals surface area contributed by atoms with Crippen molar-refractivity contribution in [2.45, 2.75) is 27.7 Å². The summed E-state index contributed by atoms with van der Waals surface area (Å²) >= 11 is 0. The Balaban J connectivity index is 3.88. The van der Waals surface area contributed by atoms with Crippen LogP contribution in [0.1, 0.15) is 27.7 Å². The van der Waals surface area contributed by atoms with Crippen LogP contribution in [0.2, 0.25) is 0 Å². The first-order valence-corrected chi connectivity index (χ1v) is 6.07. The zero-order valence-electron chi connectivity index (χ0n) is 8.74. The molecule has 1 N–H and O–H groups in total. The van der Waals surface area contributed by atoms with Gasteiger partial charge in [-0.25, -0.2) is 0 Å². The van der Waals surface area contributed by atoms with E-state index in [0.717, 1.165) is 0 Å². The van der Waals surface area contributed by atoms with E-state index in [2.05, 4.69) is 0 Å². The number of ether oxygens (including phenoxy) is 1. The van der Waals surface area contributed by atoms with E-state index in [1.54, 1.807) is 6.92 Å². The summed E-state index contributed by atoms with van der Waals surface area (Å²) < 4.78 is 20.9. The summed E-state index contributed by atoms with van der Waals surface area (Å²) in [5.41, 5.74) is -0.212. The van der Waals surface area contributed by atoms with Crippen LogP contribution < -0.4 is 0 Å². The molecule has 1 unspecified atom stereocenters. The maximum atomic E-state index is 11.4. The standard InChI is InChI=1S/C8H19O4P/c1-5-11-7-12-13(9,10)6-8(2,3)4/h5-7H2,1-4H3,(H,9,10). The third kappa shape index (κ3) is 8.44. The SMILES string of the molecule is CCOCOP(=O)(O)CC(C)(C)C. The largest absolute Gasteiger partial charge is 0.355 e. The normalized spacial score (nSPS) is 17.0. The van der Waals surface area contributed by atoms with Gasteiger partial charge in [-0.05, 0) is 12.3 Å². The molecular weight excluding hydrogens is 191 g/mol. The van der Waals surface area contributed by atoms with Crippen molar-refractivity contribution in [1.82, 2.24) is 0 Å². The van der Waals surface area contributed by atoms with E-state index in [9.17, 15) is 9.46 Å². The van der Waals surface area contributed by atoms with Crippen molar-refractivity contribution in [2.24, 2.45) is 5.41 Å². The maximum Gasteiger partial charge on any atom is 0.330 e. The lowest BCUT2D eigenvalue weighted by molar-refractivity contribution is 0.0151. The van der Waals surface area contributed by atoms with Gasteiger partial charge in [0.25, 0.3) is 0 Å². The van der Waals surface area contributed by atoms with Gasteiger partial charge in [0, 0.05) is 6.61 Å². The fraction of sp³-hybridized carbons (Fsp3) is 1.00. The first-order valence-electron chi connectivity index (χ1n) is 4.31. The van der Waals surface area contributed by atoms with Crippen LogP contribution in [-0.2, 0) is 13.8 Å². The van der Waals surface area contributed by atoms with Gasteiger partial charge in [0.2, 0.25) is 0 Å². The smallest absolute Gasteiger partial charge is 0.330 e. The van der Waals surface area contributed by atoms with Gasteiger partial charge in [-0.3, -0.25) is 9.09 Å². The molecule has 0 fully saturated rings. The Bertz CT molecular complexity index is 185. The third-order valence-corrected chi connectivity index (χ3v) is 3.07. The molecule has 0 spiro atoms. The summed E-state index contributed by atoms with van der Waals surface area (Å²) in [7, 11) is -3.47. The third-order valence-electron chi connectivity index (χ3n) is 1.22. The van der Waals surface area contributed by atoms with Gasteiger partial charge >= 0.3 is 7.60 Å². The first-order chi connectivity index (χ1) is 5.77. The van der Waals surface area contributed by atoms with Crippen LogP contribution in [0.25, 0.3) is 0 Å². The predicted octanol–water partition coefficient (Wildman–Crippen LogP) is 2.23. The summed E-state index contributed by atoms with van der Waals surface area (Å²) in [6, 6.07) is 0. The Labute approximate surface area is 79.8 Å². The van der Waals surface area contributed by atoms with Crippen LogP contribution in [0.3, 0.4) is 0 Å². The number of hydrogen-bond acceptors (Lipinski definition) is 3. The molecular formula is C8H19O4P. The molecule has 0 saturated heterocycles. The van der Waals surface area contributed by atoms with Gasteiger partial charge in [-0.2, -0.15) is 0 Å². The van der Waals surface area contributed by atoms with E-state index in [-0.39, 0.29) is 18.4 Å². The van der Waals surface area contributed by atoms with E-state index >= 15 is 0 Å². The van der Waals surface area contributed by atoms with Gasteiger partial charge in [0.05, 0.1) is 6.16 Å². The lowest BCUT2D eigenvalue weighted by atomic mass is 10.0. The second-order valence-electron chi connectivity index (χ2n) is 4.10. The fourth-order valence-electron chi connectivity index (χ4n) is 0.848. The van der Waals surface area contributed by atoms with Crippen LogP contribution in [0.4, 0.5) is 0 Å².